The predicted octanol–water partition coefficient (Wildman–Crippen LogP) is 2.20. The summed E-state index contributed by atoms with van der Waals surface area (Å²) in [5, 5.41) is 6.43. The van der Waals surface area contributed by atoms with Gasteiger partial charge in [0.1, 0.15) is 0 Å². The van der Waals surface area contributed by atoms with Crippen molar-refractivity contribution >= 4 is 29.2 Å². The monoisotopic (exact) mass is 330 g/mol. The molecule has 0 aliphatic carbocycles. The fourth-order valence-electron chi connectivity index (χ4n) is 2.30. The highest BCUT2D eigenvalue weighted by molar-refractivity contribution is 7.08. The van der Waals surface area contributed by atoms with Gasteiger partial charge in [-0.1, -0.05) is 30.3 Å². The fourth-order valence-corrected chi connectivity index (χ4v) is 2.93. The number of hydrogen-bond donors (Lipinski definition) is 1. The zero-order valence-electron chi connectivity index (χ0n) is 12.1. The first-order chi connectivity index (χ1) is 11.1. The van der Waals surface area contributed by atoms with Crippen LogP contribution in [0.1, 0.15) is 22.0 Å². The minimum absolute atomic E-state index is 0.0392. The van der Waals surface area contributed by atoms with Crippen molar-refractivity contribution in [2.24, 2.45) is 0 Å². The van der Waals surface area contributed by atoms with E-state index in [2.05, 4.69) is 5.32 Å². The number of nitrogens with zero attached hydrogens (tertiary/aromatic N) is 1. The Balaban J connectivity index is 1.81. The normalized spacial score (nSPS) is 15.4. The van der Waals surface area contributed by atoms with E-state index in [0.29, 0.717) is 5.56 Å². The topological polar surface area (TPSA) is 75.7 Å². The maximum absolute atomic E-state index is 12.3. The van der Waals surface area contributed by atoms with Gasteiger partial charge in [0.2, 0.25) is 0 Å². The zero-order chi connectivity index (χ0) is 16.2. The number of benzene rings is 1. The number of ether oxygens (including phenoxy) is 1. The molecule has 118 valence electrons. The number of nitrogens with one attached hydrogen (secondary N) is 1. The number of hydrogen-bond acceptors (Lipinski definition) is 5. The van der Waals surface area contributed by atoms with Crippen LogP contribution in [0.5, 0.6) is 0 Å². The van der Waals surface area contributed by atoms with Gasteiger partial charge in [-0.3, -0.25) is 9.59 Å². The second-order valence-electron chi connectivity index (χ2n) is 5.01. The Morgan fingerprint density at radius 1 is 1.26 bits per heavy atom. The molecule has 1 aromatic heterocycles. The Bertz CT molecular complexity index is 699. The molecule has 1 fully saturated rings. The summed E-state index contributed by atoms with van der Waals surface area (Å²) in [7, 11) is 0. The van der Waals surface area contributed by atoms with Crippen LogP contribution in [-0.2, 0) is 9.53 Å². The van der Waals surface area contributed by atoms with Crippen molar-refractivity contribution in [2.45, 2.75) is 6.04 Å². The number of carbonyl (C=O) groups is 3. The van der Waals surface area contributed by atoms with Crippen LogP contribution >= 0.6 is 11.3 Å². The molecule has 1 saturated heterocycles. The summed E-state index contributed by atoms with van der Waals surface area (Å²) in [5.41, 5.74) is 1.36. The van der Waals surface area contributed by atoms with Crippen LogP contribution < -0.4 is 5.32 Å². The minimum atomic E-state index is -0.680. The molecule has 0 radical (unpaired) electrons. The first-order valence-electron chi connectivity index (χ1n) is 7.00. The maximum Gasteiger partial charge on any atom is 0.417 e. The van der Waals surface area contributed by atoms with E-state index in [4.69, 9.17) is 4.74 Å². The molecule has 1 N–H and O–H groups in total. The minimum Gasteiger partial charge on any atom is -0.439 e. The number of cyclic esters (lactones) is 1. The van der Waals surface area contributed by atoms with Crippen LogP contribution in [0.25, 0.3) is 0 Å². The summed E-state index contributed by atoms with van der Waals surface area (Å²) >= 11 is 1.43. The van der Waals surface area contributed by atoms with Gasteiger partial charge in [0, 0.05) is 5.38 Å². The second kappa shape index (κ2) is 6.62. The molecule has 6 nitrogen and oxygen atoms in total. The first kappa shape index (κ1) is 15.2. The zero-order valence-corrected chi connectivity index (χ0v) is 12.9. The SMILES string of the molecule is O=C(NC(CN1C(=O)COC1=O)c1ccccc1)c1ccsc1. The lowest BCUT2D eigenvalue weighted by Crippen LogP contribution is -2.40. The van der Waals surface area contributed by atoms with Crippen LogP contribution in [0.2, 0.25) is 0 Å². The van der Waals surface area contributed by atoms with E-state index < -0.39 is 18.0 Å². The molecule has 7 heteroatoms. The summed E-state index contributed by atoms with van der Waals surface area (Å²) in [4.78, 5) is 36.7. The molecule has 1 aliphatic heterocycles. The van der Waals surface area contributed by atoms with E-state index in [1.165, 1.54) is 11.3 Å². The van der Waals surface area contributed by atoms with Gasteiger partial charge in [0.05, 0.1) is 18.2 Å². The lowest BCUT2D eigenvalue weighted by molar-refractivity contribution is -0.126. The van der Waals surface area contributed by atoms with Crippen molar-refractivity contribution in [1.29, 1.82) is 0 Å². The molecule has 1 aliphatic rings. The molecule has 0 saturated carbocycles. The quantitative estimate of drug-likeness (QED) is 0.912. The summed E-state index contributed by atoms with van der Waals surface area (Å²) in [6, 6.07) is 10.4. The highest BCUT2D eigenvalue weighted by Crippen LogP contribution is 2.18. The molecule has 1 unspecified atom stereocenters. The van der Waals surface area contributed by atoms with E-state index in [1.807, 2.05) is 35.7 Å². The molecular weight excluding hydrogens is 316 g/mol. The van der Waals surface area contributed by atoms with Gasteiger partial charge >= 0.3 is 6.09 Å². The first-order valence-corrected chi connectivity index (χ1v) is 7.94. The van der Waals surface area contributed by atoms with Crippen LogP contribution in [0.4, 0.5) is 4.79 Å². The number of carbonyl (C=O) groups excluding carboxylic acids is 3. The van der Waals surface area contributed by atoms with Gasteiger partial charge in [-0.05, 0) is 17.0 Å². The van der Waals surface area contributed by atoms with Gasteiger partial charge in [-0.15, -0.1) is 0 Å². The third-order valence-electron chi connectivity index (χ3n) is 3.50. The molecule has 0 spiro atoms. The number of thiophene rings is 1. The fraction of sp³-hybridized carbons (Fsp3) is 0.188. The standard InChI is InChI=1S/C16H14N2O4S/c19-14-9-22-16(21)18(14)8-13(11-4-2-1-3-5-11)17-15(20)12-6-7-23-10-12/h1-7,10,13H,8-9H2,(H,17,20). The average molecular weight is 330 g/mol. The van der Waals surface area contributed by atoms with Crippen LogP contribution in [0.15, 0.2) is 47.2 Å². The van der Waals surface area contributed by atoms with Gasteiger partial charge in [-0.25, -0.2) is 9.69 Å². The number of amides is 3. The van der Waals surface area contributed by atoms with Gasteiger partial charge in [0.15, 0.2) is 6.61 Å². The van der Waals surface area contributed by atoms with Crippen molar-refractivity contribution in [3.8, 4) is 0 Å². The Morgan fingerprint density at radius 3 is 2.65 bits per heavy atom. The second-order valence-corrected chi connectivity index (χ2v) is 5.79. The molecule has 0 bridgehead atoms. The van der Waals surface area contributed by atoms with Crippen LogP contribution in [-0.4, -0.2) is 36.0 Å². The van der Waals surface area contributed by atoms with E-state index in [0.717, 1.165) is 10.5 Å². The lowest BCUT2D eigenvalue weighted by atomic mass is 10.1. The predicted molar refractivity (Wildman–Crippen MR) is 84.0 cm³/mol. The Labute approximate surface area is 136 Å². The Kier molecular flexibility index (Phi) is 4.38. The third kappa shape index (κ3) is 3.40. The molecule has 2 heterocycles. The molecule has 3 rings (SSSR count). The van der Waals surface area contributed by atoms with Crippen molar-refractivity contribution in [3.05, 3.63) is 58.3 Å². The van der Waals surface area contributed by atoms with Crippen LogP contribution in [0, 0.1) is 0 Å². The lowest BCUT2D eigenvalue weighted by Gasteiger charge is -2.22. The van der Waals surface area contributed by atoms with E-state index in [1.54, 1.807) is 11.4 Å². The van der Waals surface area contributed by atoms with Gasteiger partial charge < -0.3 is 10.1 Å². The number of imide groups is 1. The maximum atomic E-state index is 12.3. The third-order valence-corrected chi connectivity index (χ3v) is 4.18. The molecule has 1 atom stereocenters. The molecular formula is C16H14N2O4S. The van der Waals surface area contributed by atoms with E-state index in [9.17, 15) is 14.4 Å². The highest BCUT2D eigenvalue weighted by atomic mass is 32.1. The Hall–Kier alpha value is -2.67. The molecule has 3 amide bonds. The highest BCUT2D eigenvalue weighted by Gasteiger charge is 2.33. The number of rotatable bonds is 5. The smallest absolute Gasteiger partial charge is 0.417 e. The summed E-state index contributed by atoms with van der Waals surface area (Å²) < 4.78 is 4.72. The molecule has 1 aromatic carbocycles. The Morgan fingerprint density at radius 2 is 2.04 bits per heavy atom. The summed E-state index contributed by atoms with van der Waals surface area (Å²) in [6.07, 6.45) is -0.680. The van der Waals surface area contributed by atoms with Gasteiger partial charge in [-0.2, -0.15) is 11.3 Å². The molecule has 2 aromatic rings. The molecule has 23 heavy (non-hydrogen) atoms. The van der Waals surface area contributed by atoms with Crippen LogP contribution in [0.3, 0.4) is 0 Å². The van der Waals surface area contributed by atoms with Crippen molar-refractivity contribution in [2.75, 3.05) is 13.2 Å². The van der Waals surface area contributed by atoms with Crippen molar-refractivity contribution in [1.82, 2.24) is 10.2 Å². The van der Waals surface area contributed by atoms with E-state index >= 15 is 0 Å². The van der Waals surface area contributed by atoms with E-state index in [-0.39, 0.29) is 19.1 Å². The summed E-state index contributed by atoms with van der Waals surface area (Å²) in [6.45, 7) is -0.212. The van der Waals surface area contributed by atoms with Crippen molar-refractivity contribution in [3.63, 3.8) is 0 Å². The largest absolute Gasteiger partial charge is 0.439 e. The van der Waals surface area contributed by atoms with Crippen molar-refractivity contribution < 1.29 is 19.1 Å². The summed E-state index contributed by atoms with van der Waals surface area (Å²) in [5.74, 6) is -0.652. The average Bonchev–Trinajstić information content (AvgIpc) is 3.20. The van der Waals surface area contributed by atoms with Gasteiger partial charge in [0.25, 0.3) is 11.8 Å².